The van der Waals surface area contributed by atoms with Crippen molar-refractivity contribution < 1.29 is 9.53 Å². The fourth-order valence-corrected chi connectivity index (χ4v) is 2.21. The van der Waals surface area contributed by atoms with Gasteiger partial charge < -0.3 is 4.74 Å². The Morgan fingerprint density at radius 2 is 1.94 bits per heavy atom. The molecule has 0 aromatic carbocycles. The number of esters is 1. The highest BCUT2D eigenvalue weighted by molar-refractivity contribution is 5.78. The third kappa shape index (κ3) is 6.14. The molecule has 0 heterocycles. The zero-order chi connectivity index (χ0) is 11.6. The molecule has 0 atom stereocenters. The number of rotatable bonds is 6. The van der Waals surface area contributed by atoms with E-state index in [0.29, 0.717) is 12.5 Å². The number of hydrogen-bond donors (Lipinski definition) is 0. The Hall–Kier alpha value is -0.530. The Morgan fingerprint density at radius 3 is 2.56 bits per heavy atom. The van der Waals surface area contributed by atoms with Gasteiger partial charge in [0.05, 0.1) is 13.0 Å². The monoisotopic (exact) mass is 225 g/mol. The minimum Gasteiger partial charge on any atom is -0.465 e. The molecule has 1 fully saturated rings. The molecule has 1 aliphatic carbocycles. The second-order valence-corrected chi connectivity index (χ2v) is 4.83. The van der Waals surface area contributed by atoms with E-state index in [4.69, 9.17) is 4.74 Å². The van der Waals surface area contributed by atoms with E-state index >= 15 is 0 Å². The normalized spacial score (nSPS) is 18.1. The maximum Gasteiger partial charge on any atom is 0.309 e. The van der Waals surface area contributed by atoms with Crippen molar-refractivity contribution in [3.8, 4) is 0 Å². The molecule has 16 heavy (non-hydrogen) atoms. The highest BCUT2D eigenvalue weighted by Crippen LogP contribution is 2.23. The number of unbranched alkanes of at least 4 members (excludes halogenated alkanes) is 2. The quantitative estimate of drug-likeness (QED) is 0.389. The van der Waals surface area contributed by atoms with Crippen molar-refractivity contribution in [2.24, 2.45) is 5.92 Å². The standard InChI is InChI=1S/C14H25O2/c1-2-3-6-11-14(15)16-12-13-9-7-4-5-8-10-13/h11,13H,2-10,12H2,1H3. The second-order valence-electron chi connectivity index (χ2n) is 4.83. The highest BCUT2D eigenvalue weighted by atomic mass is 16.5. The molecular weight excluding hydrogens is 200 g/mol. The van der Waals surface area contributed by atoms with Crippen LogP contribution in [0.4, 0.5) is 0 Å². The van der Waals surface area contributed by atoms with Gasteiger partial charge in [0.2, 0.25) is 0 Å². The third-order valence-electron chi connectivity index (χ3n) is 3.30. The average Bonchev–Trinajstić information content (AvgIpc) is 2.55. The molecule has 2 heteroatoms. The van der Waals surface area contributed by atoms with E-state index in [9.17, 15) is 4.79 Å². The molecule has 0 bridgehead atoms. The van der Waals surface area contributed by atoms with Gasteiger partial charge in [-0.15, -0.1) is 0 Å². The predicted octanol–water partition coefficient (Wildman–Crippen LogP) is 3.89. The van der Waals surface area contributed by atoms with E-state index in [2.05, 4.69) is 6.92 Å². The number of hydrogen-bond acceptors (Lipinski definition) is 2. The molecule has 1 aliphatic rings. The Kier molecular flexibility index (Phi) is 7.28. The zero-order valence-electron chi connectivity index (χ0n) is 10.5. The van der Waals surface area contributed by atoms with Crippen LogP contribution in [0, 0.1) is 12.3 Å². The topological polar surface area (TPSA) is 26.3 Å². The SMILES string of the molecule is CCCC[CH]C(=O)OCC1CCCCCC1. The van der Waals surface area contributed by atoms with E-state index in [0.717, 1.165) is 19.3 Å². The molecule has 1 radical (unpaired) electrons. The summed E-state index contributed by atoms with van der Waals surface area (Å²) in [5, 5.41) is 0. The first-order valence-electron chi connectivity index (χ1n) is 6.83. The van der Waals surface area contributed by atoms with Crippen LogP contribution in [0.15, 0.2) is 0 Å². The largest absolute Gasteiger partial charge is 0.465 e. The van der Waals surface area contributed by atoms with Crippen molar-refractivity contribution >= 4 is 5.97 Å². The zero-order valence-corrected chi connectivity index (χ0v) is 10.5. The van der Waals surface area contributed by atoms with Crippen LogP contribution in [0.5, 0.6) is 0 Å². The van der Waals surface area contributed by atoms with E-state index < -0.39 is 0 Å². The first-order chi connectivity index (χ1) is 7.83. The van der Waals surface area contributed by atoms with Gasteiger partial charge in [-0.05, 0) is 25.2 Å². The molecular formula is C14H25O2. The lowest BCUT2D eigenvalue weighted by Crippen LogP contribution is -2.14. The molecule has 2 nitrogen and oxygen atoms in total. The average molecular weight is 225 g/mol. The van der Waals surface area contributed by atoms with Gasteiger partial charge in [0.1, 0.15) is 0 Å². The molecule has 0 unspecified atom stereocenters. The lowest BCUT2D eigenvalue weighted by atomic mass is 10.0. The summed E-state index contributed by atoms with van der Waals surface area (Å²) in [7, 11) is 0. The maximum absolute atomic E-state index is 11.4. The minimum atomic E-state index is -0.113. The van der Waals surface area contributed by atoms with E-state index in [1.165, 1.54) is 38.5 Å². The van der Waals surface area contributed by atoms with Crippen LogP contribution in [0.1, 0.15) is 64.7 Å². The summed E-state index contributed by atoms with van der Waals surface area (Å²) < 4.78 is 5.29. The van der Waals surface area contributed by atoms with Gasteiger partial charge in [0, 0.05) is 0 Å². The minimum absolute atomic E-state index is 0.113. The maximum atomic E-state index is 11.4. The summed E-state index contributed by atoms with van der Waals surface area (Å²) in [5.74, 6) is 0.503. The Labute approximate surface area is 99.8 Å². The number of carbonyl (C=O) groups excluding carboxylic acids is 1. The van der Waals surface area contributed by atoms with Crippen molar-refractivity contribution in [1.29, 1.82) is 0 Å². The summed E-state index contributed by atoms with van der Waals surface area (Å²) >= 11 is 0. The van der Waals surface area contributed by atoms with Crippen LogP contribution in [-0.2, 0) is 9.53 Å². The van der Waals surface area contributed by atoms with E-state index in [-0.39, 0.29) is 5.97 Å². The molecule has 1 rings (SSSR count). The second kappa shape index (κ2) is 8.60. The van der Waals surface area contributed by atoms with E-state index in [1.54, 1.807) is 6.42 Å². The van der Waals surface area contributed by atoms with Gasteiger partial charge in [0.25, 0.3) is 0 Å². The summed E-state index contributed by atoms with van der Waals surface area (Å²) in [6, 6.07) is 0. The first kappa shape index (κ1) is 13.5. The molecule has 0 N–H and O–H groups in total. The lowest BCUT2D eigenvalue weighted by molar-refractivity contribution is -0.141. The van der Waals surface area contributed by atoms with Gasteiger partial charge in [-0.25, -0.2) is 0 Å². The van der Waals surface area contributed by atoms with Crippen molar-refractivity contribution in [3.63, 3.8) is 0 Å². The van der Waals surface area contributed by atoms with Crippen LogP contribution in [0.2, 0.25) is 0 Å². The van der Waals surface area contributed by atoms with Crippen LogP contribution in [0.25, 0.3) is 0 Å². The summed E-state index contributed by atoms with van der Waals surface area (Å²) in [4.78, 5) is 11.4. The fourth-order valence-electron chi connectivity index (χ4n) is 2.21. The lowest BCUT2D eigenvalue weighted by Gasteiger charge is -2.13. The summed E-state index contributed by atoms with van der Waals surface area (Å²) in [6.45, 7) is 2.77. The molecule has 0 spiro atoms. The molecule has 0 saturated heterocycles. The predicted molar refractivity (Wildman–Crippen MR) is 66.0 cm³/mol. The van der Waals surface area contributed by atoms with Crippen molar-refractivity contribution in [2.45, 2.75) is 64.7 Å². The van der Waals surface area contributed by atoms with Crippen LogP contribution in [0.3, 0.4) is 0 Å². The molecule has 0 aliphatic heterocycles. The molecule has 0 aromatic heterocycles. The van der Waals surface area contributed by atoms with Gasteiger partial charge in [-0.1, -0.05) is 45.4 Å². The summed E-state index contributed by atoms with van der Waals surface area (Å²) in [5.41, 5.74) is 0. The fraction of sp³-hybridized carbons (Fsp3) is 0.857. The molecule has 1 saturated carbocycles. The summed E-state index contributed by atoms with van der Waals surface area (Å²) in [6.07, 6.45) is 12.6. The van der Waals surface area contributed by atoms with Crippen LogP contribution < -0.4 is 0 Å². The van der Waals surface area contributed by atoms with Crippen molar-refractivity contribution in [3.05, 3.63) is 6.42 Å². The van der Waals surface area contributed by atoms with Crippen molar-refractivity contribution in [1.82, 2.24) is 0 Å². The molecule has 93 valence electrons. The molecule has 0 amide bonds. The van der Waals surface area contributed by atoms with E-state index in [1.807, 2.05) is 0 Å². The smallest absolute Gasteiger partial charge is 0.309 e. The van der Waals surface area contributed by atoms with Crippen molar-refractivity contribution in [2.75, 3.05) is 6.61 Å². The molecule has 0 aromatic rings. The highest BCUT2D eigenvalue weighted by Gasteiger charge is 2.14. The first-order valence-corrected chi connectivity index (χ1v) is 6.83. The van der Waals surface area contributed by atoms with Gasteiger partial charge >= 0.3 is 5.97 Å². The Balaban J connectivity index is 2.05. The number of carbonyl (C=O) groups is 1. The third-order valence-corrected chi connectivity index (χ3v) is 3.30. The van der Waals surface area contributed by atoms with Crippen LogP contribution in [-0.4, -0.2) is 12.6 Å². The number of ether oxygens (including phenoxy) is 1. The van der Waals surface area contributed by atoms with Gasteiger partial charge in [0.15, 0.2) is 0 Å². The van der Waals surface area contributed by atoms with Gasteiger partial charge in [-0.3, -0.25) is 4.79 Å². The van der Waals surface area contributed by atoms with Gasteiger partial charge in [-0.2, -0.15) is 0 Å². The Morgan fingerprint density at radius 1 is 1.25 bits per heavy atom. The van der Waals surface area contributed by atoms with Crippen LogP contribution >= 0.6 is 0 Å². The Bertz CT molecular complexity index is 181.